The molecule has 29 heavy (non-hydrogen) atoms. The van der Waals surface area contributed by atoms with Crippen LogP contribution < -0.4 is 9.80 Å². The minimum Gasteiger partial charge on any atom is -0.349 e. The number of hydrogen-bond donors (Lipinski definition) is 0. The summed E-state index contributed by atoms with van der Waals surface area (Å²) in [5, 5.41) is 0.739. The van der Waals surface area contributed by atoms with E-state index < -0.39 is 11.7 Å². The summed E-state index contributed by atoms with van der Waals surface area (Å²) in [7, 11) is 1.89. The van der Waals surface area contributed by atoms with Gasteiger partial charge in [-0.1, -0.05) is 18.2 Å². The molecular formula is C21H22F3N5. The lowest BCUT2D eigenvalue weighted by Crippen LogP contribution is -2.43. The monoisotopic (exact) mass is 401 g/mol. The van der Waals surface area contributed by atoms with Crippen molar-refractivity contribution in [2.45, 2.75) is 38.5 Å². The van der Waals surface area contributed by atoms with E-state index in [1.807, 2.05) is 36.8 Å². The first-order valence-corrected chi connectivity index (χ1v) is 9.55. The molecule has 0 unspecified atom stereocenters. The van der Waals surface area contributed by atoms with Gasteiger partial charge in [-0.05, 0) is 44.0 Å². The molecule has 0 radical (unpaired) electrons. The Morgan fingerprint density at radius 3 is 2.52 bits per heavy atom. The molecule has 0 bridgehead atoms. The fourth-order valence-corrected chi connectivity index (χ4v) is 3.55. The van der Waals surface area contributed by atoms with Gasteiger partial charge in [0.05, 0.1) is 17.0 Å². The van der Waals surface area contributed by atoms with Gasteiger partial charge in [0.15, 0.2) is 5.65 Å². The van der Waals surface area contributed by atoms with E-state index in [2.05, 4.69) is 9.97 Å². The van der Waals surface area contributed by atoms with Crippen LogP contribution in [0.15, 0.2) is 42.6 Å². The van der Waals surface area contributed by atoms with E-state index in [-0.39, 0.29) is 17.6 Å². The van der Waals surface area contributed by atoms with Crippen molar-refractivity contribution in [2.75, 3.05) is 23.4 Å². The molecule has 3 aromatic rings. The Bertz CT molecular complexity index is 1030. The first kappa shape index (κ1) is 19.4. The number of fused-ring (bicyclic) bond motifs is 1. The van der Waals surface area contributed by atoms with Crippen molar-refractivity contribution in [1.82, 2.24) is 15.0 Å². The number of benzene rings is 1. The van der Waals surface area contributed by atoms with Crippen LogP contribution >= 0.6 is 0 Å². The molecule has 4 rings (SSSR count). The summed E-state index contributed by atoms with van der Waals surface area (Å²) in [5.41, 5.74) is 0.223. The van der Waals surface area contributed by atoms with E-state index in [0.717, 1.165) is 11.5 Å². The number of halogens is 3. The zero-order valence-corrected chi connectivity index (χ0v) is 16.5. The van der Waals surface area contributed by atoms with Gasteiger partial charge in [-0.25, -0.2) is 4.98 Å². The second-order valence-electron chi connectivity index (χ2n) is 7.51. The molecule has 0 saturated carbocycles. The summed E-state index contributed by atoms with van der Waals surface area (Å²) in [5.74, 6) is 1.13. The predicted molar refractivity (Wildman–Crippen MR) is 107 cm³/mol. The molecule has 5 nitrogen and oxygen atoms in total. The van der Waals surface area contributed by atoms with Crippen molar-refractivity contribution in [2.24, 2.45) is 0 Å². The van der Waals surface area contributed by atoms with E-state index in [1.54, 1.807) is 24.4 Å². The van der Waals surface area contributed by atoms with Crippen molar-refractivity contribution >= 4 is 22.8 Å². The quantitative estimate of drug-likeness (QED) is 0.626. The van der Waals surface area contributed by atoms with E-state index in [0.29, 0.717) is 30.4 Å². The normalized spacial score (nSPS) is 16.9. The standard InChI is InChI=1S/C21H22F3N5/c1-13(2)28(3)20-26-18-15(8-6-11-25-18)19(27-20)29-12-10-17(29)14-7-4-5-9-16(14)21(22,23)24/h4-9,11,13,17H,10,12H2,1-3H3/t17-/m0/s1. The third-order valence-electron chi connectivity index (χ3n) is 5.45. The highest BCUT2D eigenvalue weighted by Gasteiger charge is 2.40. The molecule has 1 aliphatic rings. The Kier molecular flexibility index (Phi) is 4.80. The molecule has 0 aliphatic carbocycles. The molecule has 8 heteroatoms. The zero-order chi connectivity index (χ0) is 20.8. The van der Waals surface area contributed by atoms with Gasteiger partial charge in [-0.15, -0.1) is 0 Å². The van der Waals surface area contributed by atoms with Crippen LogP contribution in [0.4, 0.5) is 24.9 Å². The number of rotatable bonds is 4. The highest BCUT2D eigenvalue weighted by Crippen LogP contribution is 2.44. The smallest absolute Gasteiger partial charge is 0.349 e. The maximum absolute atomic E-state index is 13.5. The summed E-state index contributed by atoms with van der Waals surface area (Å²) in [6.45, 7) is 4.68. The number of pyridine rings is 1. The van der Waals surface area contributed by atoms with Crippen LogP contribution in [0.1, 0.15) is 37.4 Å². The van der Waals surface area contributed by atoms with Crippen LogP contribution in [0.5, 0.6) is 0 Å². The lowest BCUT2D eigenvalue weighted by Gasteiger charge is -2.43. The van der Waals surface area contributed by atoms with Crippen molar-refractivity contribution in [3.8, 4) is 0 Å². The van der Waals surface area contributed by atoms with Gasteiger partial charge >= 0.3 is 6.18 Å². The molecule has 0 amide bonds. The van der Waals surface area contributed by atoms with Gasteiger partial charge in [0.1, 0.15) is 5.82 Å². The fraction of sp³-hybridized carbons (Fsp3) is 0.381. The molecule has 0 N–H and O–H groups in total. The van der Waals surface area contributed by atoms with Crippen LogP contribution in [0.3, 0.4) is 0 Å². The van der Waals surface area contributed by atoms with E-state index in [9.17, 15) is 13.2 Å². The number of alkyl halides is 3. The fourth-order valence-electron chi connectivity index (χ4n) is 3.55. The number of anilines is 2. The molecular weight excluding hydrogens is 379 g/mol. The van der Waals surface area contributed by atoms with Crippen LogP contribution in [-0.2, 0) is 6.18 Å². The Morgan fingerprint density at radius 2 is 1.86 bits per heavy atom. The molecule has 1 fully saturated rings. The van der Waals surface area contributed by atoms with Gasteiger partial charge in [-0.2, -0.15) is 23.1 Å². The van der Waals surface area contributed by atoms with Crippen molar-refractivity contribution in [3.05, 3.63) is 53.7 Å². The molecule has 1 atom stereocenters. The average Bonchev–Trinajstić information content (AvgIpc) is 2.66. The number of nitrogens with zero attached hydrogens (tertiary/aromatic N) is 5. The van der Waals surface area contributed by atoms with Crippen LogP contribution in [-0.4, -0.2) is 34.6 Å². The second-order valence-corrected chi connectivity index (χ2v) is 7.51. The third kappa shape index (κ3) is 3.47. The van der Waals surface area contributed by atoms with E-state index in [1.165, 1.54) is 6.07 Å². The summed E-state index contributed by atoms with van der Waals surface area (Å²) in [4.78, 5) is 17.5. The Labute approximate surface area is 167 Å². The minimum atomic E-state index is -4.39. The average molecular weight is 401 g/mol. The van der Waals surface area contributed by atoms with Gasteiger partial charge in [0.25, 0.3) is 0 Å². The highest BCUT2D eigenvalue weighted by molar-refractivity contribution is 5.88. The summed E-state index contributed by atoms with van der Waals surface area (Å²) in [6.07, 6.45) is -2.10. The Hall–Kier alpha value is -2.90. The maximum Gasteiger partial charge on any atom is 0.416 e. The van der Waals surface area contributed by atoms with Gasteiger partial charge in [0.2, 0.25) is 5.95 Å². The molecule has 152 valence electrons. The molecule has 0 spiro atoms. The molecule has 1 saturated heterocycles. The van der Waals surface area contributed by atoms with E-state index in [4.69, 9.17) is 4.98 Å². The summed E-state index contributed by atoms with van der Waals surface area (Å²) >= 11 is 0. The van der Waals surface area contributed by atoms with Crippen LogP contribution in [0, 0.1) is 0 Å². The Balaban J connectivity index is 1.82. The minimum absolute atomic E-state index is 0.169. The topological polar surface area (TPSA) is 45.2 Å². The first-order chi connectivity index (χ1) is 13.8. The lowest BCUT2D eigenvalue weighted by molar-refractivity contribution is -0.138. The summed E-state index contributed by atoms with van der Waals surface area (Å²) < 4.78 is 40.6. The molecule has 1 aromatic carbocycles. The van der Waals surface area contributed by atoms with E-state index >= 15 is 0 Å². The van der Waals surface area contributed by atoms with Gasteiger partial charge in [0, 0.05) is 25.8 Å². The maximum atomic E-state index is 13.5. The van der Waals surface area contributed by atoms with Crippen molar-refractivity contribution < 1.29 is 13.2 Å². The Morgan fingerprint density at radius 1 is 1.10 bits per heavy atom. The first-order valence-electron chi connectivity index (χ1n) is 9.55. The molecule has 2 aromatic heterocycles. The molecule has 1 aliphatic heterocycles. The third-order valence-corrected chi connectivity index (χ3v) is 5.45. The van der Waals surface area contributed by atoms with Gasteiger partial charge < -0.3 is 9.80 Å². The number of hydrogen-bond acceptors (Lipinski definition) is 5. The summed E-state index contributed by atoms with van der Waals surface area (Å²) in [6, 6.07) is 9.21. The molecule has 3 heterocycles. The zero-order valence-electron chi connectivity index (χ0n) is 16.5. The predicted octanol–water partition coefficient (Wildman–Crippen LogP) is 4.84. The van der Waals surface area contributed by atoms with Crippen LogP contribution in [0.2, 0.25) is 0 Å². The van der Waals surface area contributed by atoms with Crippen LogP contribution in [0.25, 0.3) is 11.0 Å². The number of aromatic nitrogens is 3. The highest BCUT2D eigenvalue weighted by atomic mass is 19.4. The lowest BCUT2D eigenvalue weighted by atomic mass is 9.90. The van der Waals surface area contributed by atoms with Crippen molar-refractivity contribution in [1.29, 1.82) is 0 Å². The van der Waals surface area contributed by atoms with Crippen molar-refractivity contribution in [3.63, 3.8) is 0 Å². The second kappa shape index (κ2) is 7.17. The SMILES string of the molecule is CC(C)N(C)c1nc(N2CC[C@H]2c2ccccc2C(F)(F)F)c2cccnc2n1. The largest absolute Gasteiger partial charge is 0.416 e. The van der Waals surface area contributed by atoms with Gasteiger partial charge in [-0.3, -0.25) is 0 Å².